The van der Waals surface area contributed by atoms with Crippen LogP contribution >= 0.6 is 11.3 Å². The summed E-state index contributed by atoms with van der Waals surface area (Å²) in [7, 11) is 0. The van der Waals surface area contributed by atoms with Crippen molar-refractivity contribution < 1.29 is 0 Å². The summed E-state index contributed by atoms with van der Waals surface area (Å²) in [6, 6.07) is 1.50. The Bertz CT molecular complexity index is 359. The first-order valence-electron chi connectivity index (χ1n) is 7.77. The van der Waals surface area contributed by atoms with E-state index >= 15 is 0 Å². The number of thiazole rings is 1. The van der Waals surface area contributed by atoms with Crippen LogP contribution in [0.1, 0.15) is 44.2 Å². The van der Waals surface area contributed by atoms with Crippen molar-refractivity contribution >= 4 is 11.3 Å². The van der Waals surface area contributed by atoms with Gasteiger partial charge in [-0.3, -0.25) is 0 Å². The molecule has 4 heteroatoms. The van der Waals surface area contributed by atoms with Gasteiger partial charge in [0.15, 0.2) is 0 Å². The molecular formula is C15H25N3S. The number of hydrogen-bond acceptors (Lipinski definition) is 4. The van der Waals surface area contributed by atoms with E-state index in [0.717, 1.165) is 31.0 Å². The van der Waals surface area contributed by atoms with Crippen molar-refractivity contribution in [3.05, 3.63) is 16.6 Å². The molecule has 1 aliphatic carbocycles. The quantitative estimate of drug-likeness (QED) is 0.870. The van der Waals surface area contributed by atoms with Gasteiger partial charge in [0.25, 0.3) is 0 Å². The van der Waals surface area contributed by atoms with Crippen LogP contribution in [0.15, 0.2) is 10.9 Å². The molecule has 3 atom stereocenters. The van der Waals surface area contributed by atoms with Crippen molar-refractivity contribution in [3.8, 4) is 0 Å². The fourth-order valence-electron chi connectivity index (χ4n) is 3.72. The number of aromatic nitrogens is 1. The van der Waals surface area contributed by atoms with E-state index in [4.69, 9.17) is 0 Å². The lowest BCUT2D eigenvalue weighted by Crippen LogP contribution is -2.47. The molecule has 1 saturated carbocycles. The zero-order chi connectivity index (χ0) is 12.9. The summed E-state index contributed by atoms with van der Waals surface area (Å²) in [4.78, 5) is 4.36. The maximum Gasteiger partial charge on any atom is 0.0794 e. The van der Waals surface area contributed by atoms with Gasteiger partial charge in [0.2, 0.25) is 0 Å². The molecule has 19 heavy (non-hydrogen) atoms. The summed E-state index contributed by atoms with van der Waals surface area (Å²) in [5, 5.41) is 9.69. The van der Waals surface area contributed by atoms with Gasteiger partial charge in [0.1, 0.15) is 0 Å². The monoisotopic (exact) mass is 279 g/mol. The van der Waals surface area contributed by atoms with Gasteiger partial charge in [0, 0.05) is 30.4 Å². The summed E-state index contributed by atoms with van der Waals surface area (Å²) in [6.45, 7) is 2.31. The van der Waals surface area contributed by atoms with Gasteiger partial charge >= 0.3 is 0 Å². The molecule has 1 aromatic heterocycles. The van der Waals surface area contributed by atoms with Gasteiger partial charge in [0.05, 0.1) is 11.2 Å². The number of rotatable bonds is 5. The fraction of sp³-hybridized carbons (Fsp3) is 0.800. The molecule has 0 amide bonds. The van der Waals surface area contributed by atoms with Gasteiger partial charge in [-0.15, -0.1) is 11.3 Å². The molecule has 1 aliphatic heterocycles. The van der Waals surface area contributed by atoms with E-state index in [-0.39, 0.29) is 0 Å². The third-order valence-corrected chi connectivity index (χ3v) is 5.34. The minimum Gasteiger partial charge on any atom is -0.314 e. The molecule has 0 spiro atoms. The summed E-state index contributed by atoms with van der Waals surface area (Å²) in [6.07, 6.45) is 9.42. The maximum absolute atomic E-state index is 4.36. The molecule has 1 aromatic rings. The van der Waals surface area contributed by atoms with Gasteiger partial charge in [-0.05, 0) is 38.1 Å². The molecule has 106 valence electrons. The summed E-state index contributed by atoms with van der Waals surface area (Å²) >= 11 is 1.70. The second kappa shape index (κ2) is 6.82. The third-order valence-electron chi connectivity index (χ3n) is 4.71. The van der Waals surface area contributed by atoms with Crippen molar-refractivity contribution in [1.29, 1.82) is 0 Å². The summed E-state index contributed by atoms with van der Waals surface area (Å²) in [5.74, 6) is 0.853. The largest absolute Gasteiger partial charge is 0.314 e. The Morgan fingerprint density at radius 3 is 3.00 bits per heavy atom. The standard InChI is InChI=1S/C15H25N3S/c1-2-5-14(13(4-1)15-6-3-8-16-15)17-9-7-12-10-19-11-18-12/h10-11,13-17H,1-9H2. The average Bonchev–Trinajstić information content (AvgIpc) is 3.12. The lowest BCUT2D eigenvalue weighted by molar-refractivity contribution is 0.215. The Morgan fingerprint density at radius 2 is 2.21 bits per heavy atom. The van der Waals surface area contributed by atoms with Crippen LogP contribution in [0.3, 0.4) is 0 Å². The highest BCUT2D eigenvalue weighted by Gasteiger charge is 2.32. The van der Waals surface area contributed by atoms with E-state index in [2.05, 4.69) is 21.0 Å². The first kappa shape index (κ1) is 13.5. The van der Waals surface area contributed by atoms with E-state index in [0.29, 0.717) is 0 Å². The lowest BCUT2D eigenvalue weighted by Gasteiger charge is -2.36. The Morgan fingerprint density at radius 1 is 1.26 bits per heavy atom. The first-order valence-corrected chi connectivity index (χ1v) is 8.71. The number of nitrogens with zero attached hydrogens (tertiary/aromatic N) is 1. The molecule has 2 aliphatic rings. The van der Waals surface area contributed by atoms with Crippen molar-refractivity contribution in [3.63, 3.8) is 0 Å². The van der Waals surface area contributed by atoms with Crippen LogP contribution < -0.4 is 10.6 Å². The van der Waals surface area contributed by atoms with E-state index < -0.39 is 0 Å². The van der Waals surface area contributed by atoms with Gasteiger partial charge in [-0.1, -0.05) is 12.8 Å². The molecule has 3 unspecified atom stereocenters. The van der Waals surface area contributed by atoms with E-state index in [1.165, 1.54) is 50.8 Å². The SMILES string of the molecule is c1nc(CCNC2CCCCC2C2CCCN2)cs1. The second-order valence-electron chi connectivity index (χ2n) is 5.94. The molecule has 2 N–H and O–H groups in total. The van der Waals surface area contributed by atoms with Crippen LogP contribution in [0, 0.1) is 5.92 Å². The molecule has 3 rings (SSSR count). The third kappa shape index (κ3) is 3.56. The van der Waals surface area contributed by atoms with E-state index in [9.17, 15) is 0 Å². The van der Waals surface area contributed by atoms with Gasteiger partial charge in [-0.2, -0.15) is 0 Å². The first-order chi connectivity index (χ1) is 9.43. The topological polar surface area (TPSA) is 37.0 Å². The van der Waals surface area contributed by atoms with Crippen LogP contribution in [-0.2, 0) is 6.42 Å². The maximum atomic E-state index is 4.36. The zero-order valence-corrected chi connectivity index (χ0v) is 12.4. The van der Waals surface area contributed by atoms with Crippen LogP contribution in [0.2, 0.25) is 0 Å². The molecule has 2 heterocycles. The van der Waals surface area contributed by atoms with Crippen molar-refractivity contribution in [2.75, 3.05) is 13.1 Å². The predicted octanol–water partition coefficient (Wildman–Crippen LogP) is 2.59. The lowest BCUT2D eigenvalue weighted by atomic mass is 9.79. The van der Waals surface area contributed by atoms with Gasteiger partial charge in [-0.25, -0.2) is 4.98 Å². The Hall–Kier alpha value is -0.450. The molecule has 0 aromatic carbocycles. The van der Waals surface area contributed by atoms with Gasteiger partial charge < -0.3 is 10.6 Å². The molecule has 0 bridgehead atoms. The predicted molar refractivity (Wildman–Crippen MR) is 80.6 cm³/mol. The summed E-state index contributed by atoms with van der Waals surface area (Å²) in [5.41, 5.74) is 3.17. The van der Waals surface area contributed by atoms with Crippen molar-refractivity contribution in [2.45, 2.75) is 57.0 Å². The van der Waals surface area contributed by atoms with Crippen molar-refractivity contribution in [2.24, 2.45) is 5.92 Å². The van der Waals surface area contributed by atoms with Crippen LogP contribution in [-0.4, -0.2) is 30.2 Å². The Labute approximate surface area is 120 Å². The minimum atomic E-state index is 0.725. The average molecular weight is 279 g/mol. The van der Waals surface area contributed by atoms with Crippen LogP contribution in [0.4, 0.5) is 0 Å². The smallest absolute Gasteiger partial charge is 0.0794 e. The molecule has 0 radical (unpaired) electrons. The number of nitrogens with one attached hydrogen (secondary N) is 2. The van der Waals surface area contributed by atoms with E-state index in [1.807, 2.05) is 5.51 Å². The van der Waals surface area contributed by atoms with Crippen molar-refractivity contribution in [1.82, 2.24) is 15.6 Å². The highest BCUT2D eigenvalue weighted by Crippen LogP contribution is 2.30. The summed E-state index contributed by atoms with van der Waals surface area (Å²) < 4.78 is 0. The Balaban J connectivity index is 1.49. The highest BCUT2D eigenvalue weighted by atomic mass is 32.1. The van der Waals surface area contributed by atoms with Crippen LogP contribution in [0.5, 0.6) is 0 Å². The fourth-order valence-corrected chi connectivity index (χ4v) is 4.31. The highest BCUT2D eigenvalue weighted by molar-refractivity contribution is 7.07. The second-order valence-corrected chi connectivity index (χ2v) is 6.66. The van der Waals surface area contributed by atoms with Crippen LogP contribution in [0.25, 0.3) is 0 Å². The molecular weight excluding hydrogens is 254 g/mol. The normalized spacial score (nSPS) is 31.7. The molecule has 1 saturated heterocycles. The molecule has 2 fully saturated rings. The number of hydrogen-bond donors (Lipinski definition) is 2. The minimum absolute atomic E-state index is 0.725. The van der Waals surface area contributed by atoms with E-state index in [1.54, 1.807) is 11.3 Å². The Kier molecular flexibility index (Phi) is 4.86. The zero-order valence-electron chi connectivity index (χ0n) is 11.6. The molecule has 3 nitrogen and oxygen atoms in total.